The molecule has 0 aromatic carbocycles. The molecular formula is C13H22N4O2S2. The van der Waals surface area contributed by atoms with Gasteiger partial charge in [0.2, 0.25) is 0 Å². The molecule has 0 radical (unpaired) electrons. The predicted molar refractivity (Wildman–Crippen MR) is 85.5 cm³/mol. The molecule has 1 aliphatic carbocycles. The number of likely N-dealkylation sites (N-methyl/N-ethyl adjacent to an activating group) is 1. The Labute approximate surface area is 129 Å². The van der Waals surface area contributed by atoms with Gasteiger partial charge in [-0.2, -0.15) is 4.37 Å². The van der Waals surface area contributed by atoms with Crippen molar-refractivity contribution in [2.45, 2.75) is 48.8 Å². The number of piperidine rings is 1. The fourth-order valence-electron chi connectivity index (χ4n) is 2.85. The van der Waals surface area contributed by atoms with Crippen molar-refractivity contribution >= 4 is 32.2 Å². The van der Waals surface area contributed by atoms with Crippen molar-refractivity contribution in [3.05, 3.63) is 0 Å². The SMILES string of the molecule is CCN1CCCC(Nc2snc(N)c2S(=O)(=O)C2CC2)C1. The minimum Gasteiger partial charge on any atom is -0.382 e. The highest BCUT2D eigenvalue weighted by molar-refractivity contribution is 7.92. The zero-order chi connectivity index (χ0) is 15.0. The number of hydrogen-bond acceptors (Lipinski definition) is 7. The molecule has 1 aliphatic heterocycles. The number of sulfone groups is 1. The minimum absolute atomic E-state index is 0.151. The Morgan fingerprint density at radius 1 is 1.43 bits per heavy atom. The number of aromatic nitrogens is 1. The van der Waals surface area contributed by atoms with E-state index in [1.54, 1.807) is 0 Å². The van der Waals surface area contributed by atoms with Gasteiger partial charge in [-0.3, -0.25) is 0 Å². The van der Waals surface area contributed by atoms with Gasteiger partial charge in [0, 0.05) is 12.6 Å². The number of likely N-dealkylation sites (tertiary alicyclic amines) is 1. The first-order valence-electron chi connectivity index (χ1n) is 7.50. The number of nitrogens with zero attached hydrogens (tertiary/aromatic N) is 2. The van der Waals surface area contributed by atoms with Gasteiger partial charge >= 0.3 is 0 Å². The molecule has 2 aliphatic rings. The van der Waals surface area contributed by atoms with Gasteiger partial charge in [0.05, 0.1) is 5.25 Å². The van der Waals surface area contributed by atoms with E-state index < -0.39 is 9.84 Å². The van der Waals surface area contributed by atoms with Crippen LogP contribution < -0.4 is 11.1 Å². The van der Waals surface area contributed by atoms with Crippen LogP contribution in [0.3, 0.4) is 0 Å². The summed E-state index contributed by atoms with van der Waals surface area (Å²) in [6, 6.07) is 0.270. The number of nitrogens with one attached hydrogen (secondary N) is 1. The van der Waals surface area contributed by atoms with Crippen LogP contribution in [0.2, 0.25) is 0 Å². The second-order valence-electron chi connectivity index (χ2n) is 5.85. The Bertz CT molecular complexity index is 610. The summed E-state index contributed by atoms with van der Waals surface area (Å²) in [6.07, 6.45) is 3.66. The van der Waals surface area contributed by atoms with Crippen LogP contribution in [0.25, 0.3) is 0 Å². The lowest BCUT2D eigenvalue weighted by molar-refractivity contribution is 0.227. The summed E-state index contributed by atoms with van der Waals surface area (Å²) in [4.78, 5) is 2.62. The van der Waals surface area contributed by atoms with Crippen LogP contribution >= 0.6 is 11.5 Å². The topological polar surface area (TPSA) is 88.3 Å². The van der Waals surface area contributed by atoms with E-state index in [4.69, 9.17) is 5.73 Å². The van der Waals surface area contributed by atoms with E-state index in [0.717, 1.165) is 45.3 Å². The van der Waals surface area contributed by atoms with Gasteiger partial charge in [0.15, 0.2) is 15.7 Å². The summed E-state index contributed by atoms with van der Waals surface area (Å²) < 4.78 is 29.1. The zero-order valence-corrected chi connectivity index (χ0v) is 13.8. The average molecular weight is 330 g/mol. The van der Waals surface area contributed by atoms with Crippen molar-refractivity contribution in [1.82, 2.24) is 9.27 Å². The van der Waals surface area contributed by atoms with Gasteiger partial charge in [-0.05, 0) is 50.3 Å². The maximum Gasteiger partial charge on any atom is 0.187 e. The Kier molecular flexibility index (Phi) is 4.11. The molecule has 0 bridgehead atoms. The fourth-order valence-corrected chi connectivity index (χ4v) is 5.80. The minimum atomic E-state index is -3.31. The second-order valence-corrected chi connectivity index (χ2v) is 8.79. The van der Waals surface area contributed by atoms with Crippen LogP contribution in [0.5, 0.6) is 0 Å². The van der Waals surface area contributed by atoms with Crippen molar-refractivity contribution in [1.29, 1.82) is 0 Å². The summed E-state index contributed by atoms with van der Waals surface area (Å²) in [5.41, 5.74) is 5.82. The van der Waals surface area contributed by atoms with E-state index >= 15 is 0 Å². The fraction of sp³-hybridized carbons (Fsp3) is 0.769. The smallest absolute Gasteiger partial charge is 0.187 e. The summed E-state index contributed by atoms with van der Waals surface area (Å²) >= 11 is 1.17. The van der Waals surface area contributed by atoms with Gasteiger partial charge in [0.25, 0.3) is 0 Å². The van der Waals surface area contributed by atoms with E-state index in [0.29, 0.717) is 5.00 Å². The number of rotatable bonds is 5. The molecule has 1 atom stereocenters. The molecule has 8 heteroatoms. The summed E-state index contributed by atoms with van der Waals surface area (Å²) in [5, 5.41) is 3.75. The lowest BCUT2D eigenvalue weighted by Crippen LogP contribution is -2.41. The molecule has 1 saturated heterocycles. The molecule has 1 aromatic heterocycles. The van der Waals surface area contributed by atoms with Crippen molar-refractivity contribution in [3.8, 4) is 0 Å². The van der Waals surface area contributed by atoms with Gasteiger partial charge in [-0.15, -0.1) is 0 Å². The van der Waals surface area contributed by atoms with Gasteiger partial charge in [0.1, 0.15) is 9.90 Å². The Hall–Kier alpha value is -0.860. The molecule has 0 amide bonds. The monoisotopic (exact) mass is 330 g/mol. The first kappa shape index (κ1) is 15.1. The zero-order valence-electron chi connectivity index (χ0n) is 12.2. The standard InChI is InChI=1S/C13H22N4O2S2/c1-2-17-7-3-4-9(8-17)15-13-11(12(14)16-20-13)21(18,19)10-5-6-10/h9-10,15H,2-8H2,1H3,(H2,14,16). The van der Waals surface area contributed by atoms with E-state index in [9.17, 15) is 8.42 Å². The van der Waals surface area contributed by atoms with Crippen molar-refractivity contribution in [2.75, 3.05) is 30.7 Å². The quantitative estimate of drug-likeness (QED) is 0.852. The molecule has 1 saturated carbocycles. The third-order valence-electron chi connectivity index (χ3n) is 4.21. The molecule has 1 aromatic rings. The summed E-state index contributed by atoms with van der Waals surface area (Å²) in [6.45, 7) is 5.23. The van der Waals surface area contributed by atoms with Crippen molar-refractivity contribution < 1.29 is 8.42 Å². The second kappa shape index (κ2) is 5.73. The first-order chi connectivity index (χ1) is 10.0. The van der Waals surface area contributed by atoms with Crippen LogP contribution in [-0.4, -0.2) is 48.6 Å². The van der Waals surface area contributed by atoms with Gasteiger partial charge in [-0.1, -0.05) is 6.92 Å². The predicted octanol–water partition coefficient (Wildman–Crippen LogP) is 1.56. The van der Waals surface area contributed by atoms with Crippen molar-refractivity contribution in [3.63, 3.8) is 0 Å². The molecule has 2 heterocycles. The molecular weight excluding hydrogens is 308 g/mol. The highest BCUT2D eigenvalue weighted by atomic mass is 32.2. The molecule has 0 spiro atoms. The summed E-state index contributed by atoms with van der Waals surface area (Å²) in [7, 11) is -3.31. The van der Waals surface area contributed by atoms with Gasteiger partial charge in [-0.25, -0.2) is 8.42 Å². The van der Waals surface area contributed by atoms with E-state index in [1.165, 1.54) is 11.5 Å². The van der Waals surface area contributed by atoms with E-state index in [2.05, 4.69) is 21.5 Å². The molecule has 3 N–H and O–H groups in total. The van der Waals surface area contributed by atoms with Crippen LogP contribution in [0.15, 0.2) is 4.90 Å². The van der Waals surface area contributed by atoms with Crippen LogP contribution in [0.1, 0.15) is 32.6 Å². The third-order valence-corrected chi connectivity index (χ3v) is 7.46. The maximum atomic E-state index is 12.5. The maximum absolute atomic E-state index is 12.5. The largest absolute Gasteiger partial charge is 0.382 e. The number of hydrogen-bond donors (Lipinski definition) is 2. The van der Waals surface area contributed by atoms with Crippen LogP contribution in [0, 0.1) is 0 Å². The molecule has 21 heavy (non-hydrogen) atoms. The molecule has 1 unspecified atom stereocenters. The third kappa shape index (κ3) is 3.02. The number of nitrogens with two attached hydrogens (primary N) is 1. The highest BCUT2D eigenvalue weighted by Crippen LogP contribution is 2.41. The first-order valence-corrected chi connectivity index (χ1v) is 9.82. The molecule has 118 valence electrons. The molecule has 6 nitrogen and oxygen atoms in total. The van der Waals surface area contributed by atoms with Gasteiger partial charge < -0.3 is 16.0 Å². The lowest BCUT2D eigenvalue weighted by Gasteiger charge is -2.32. The van der Waals surface area contributed by atoms with Crippen molar-refractivity contribution in [2.24, 2.45) is 0 Å². The number of anilines is 2. The lowest BCUT2D eigenvalue weighted by atomic mass is 10.1. The molecule has 3 rings (SSSR count). The summed E-state index contributed by atoms with van der Waals surface area (Å²) in [5.74, 6) is 0.151. The highest BCUT2D eigenvalue weighted by Gasteiger charge is 2.41. The number of nitrogen functional groups attached to an aromatic ring is 1. The Morgan fingerprint density at radius 2 is 2.19 bits per heavy atom. The van der Waals surface area contributed by atoms with Crippen LogP contribution in [-0.2, 0) is 9.84 Å². The van der Waals surface area contributed by atoms with E-state index in [1.807, 2.05) is 0 Å². The van der Waals surface area contributed by atoms with Crippen LogP contribution in [0.4, 0.5) is 10.8 Å². The normalized spacial score (nSPS) is 24.1. The van der Waals surface area contributed by atoms with E-state index in [-0.39, 0.29) is 22.0 Å². The average Bonchev–Trinajstić information content (AvgIpc) is 3.25. The Morgan fingerprint density at radius 3 is 2.86 bits per heavy atom. The molecule has 2 fully saturated rings. The Balaban J connectivity index is 1.80.